The van der Waals surface area contributed by atoms with Crippen LogP contribution in [-0.4, -0.2) is 15.0 Å². The van der Waals surface area contributed by atoms with Crippen LogP contribution >= 0.6 is 0 Å². The minimum absolute atomic E-state index is 0.735. The molecule has 0 aliphatic carbocycles. The summed E-state index contributed by atoms with van der Waals surface area (Å²) in [5.74, 6) is 2.55. The second-order valence-electron chi connectivity index (χ2n) is 2.09. The van der Waals surface area contributed by atoms with E-state index in [1.54, 1.807) is 4.68 Å². The summed E-state index contributed by atoms with van der Waals surface area (Å²) in [5.41, 5.74) is 0.959. The Hall–Kier alpha value is -1.30. The number of rotatable bonds is 2. The van der Waals surface area contributed by atoms with E-state index in [9.17, 15) is 0 Å². The Morgan fingerprint density at radius 2 is 2.60 bits per heavy atom. The van der Waals surface area contributed by atoms with E-state index in [0.717, 1.165) is 18.5 Å². The third-order valence-corrected chi connectivity index (χ3v) is 1.18. The molecule has 0 saturated carbocycles. The SMILES string of the molecule is C#CCCc1cn(C)nn1. The Labute approximate surface area is 60.1 Å². The standard InChI is InChI=1S/C7H9N3/c1-3-4-5-7-6-10(2)9-8-7/h1,6H,4-5H2,2H3. The molecule has 0 unspecified atom stereocenters. The van der Waals surface area contributed by atoms with Gasteiger partial charge >= 0.3 is 0 Å². The van der Waals surface area contributed by atoms with Gasteiger partial charge in [0.15, 0.2) is 0 Å². The summed E-state index contributed by atoms with van der Waals surface area (Å²) < 4.78 is 1.67. The van der Waals surface area contributed by atoms with Crippen molar-refractivity contribution in [3.63, 3.8) is 0 Å². The quantitative estimate of drug-likeness (QED) is 0.549. The summed E-state index contributed by atoms with van der Waals surface area (Å²) in [6.07, 6.45) is 8.51. The molecule has 0 aliphatic rings. The maximum absolute atomic E-state index is 5.08. The Morgan fingerprint density at radius 3 is 3.10 bits per heavy atom. The second kappa shape index (κ2) is 3.02. The van der Waals surface area contributed by atoms with Gasteiger partial charge in [-0.25, -0.2) is 0 Å². The lowest BCUT2D eigenvalue weighted by molar-refractivity contribution is 0.713. The van der Waals surface area contributed by atoms with E-state index >= 15 is 0 Å². The van der Waals surface area contributed by atoms with Crippen molar-refractivity contribution in [2.45, 2.75) is 12.8 Å². The van der Waals surface area contributed by atoms with Crippen molar-refractivity contribution in [2.75, 3.05) is 0 Å². The van der Waals surface area contributed by atoms with Gasteiger partial charge in [-0.1, -0.05) is 5.21 Å². The average Bonchev–Trinajstić information content (AvgIpc) is 2.31. The van der Waals surface area contributed by atoms with Crippen LogP contribution < -0.4 is 0 Å². The second-order valence-corrected chi connectivity index (χ2v) is 2.09. The average molecular weight is 135 g/mol. The van der Waals surface area contributed by atoms with Crippen molar-refractivity contribution in [2.24, 2.45) is 7.05 Å². The lowest BCUT2D eigenvalue weighted by atomic mass is 10.3. The van der Waals surface area contributed by atoms with Crippen LogP contribution in [0, 0.1) is 12.3 Å². The number of nitrogens with zero attached hydrogens (tertiary/aromatic N) is 3. The van der Waals surface area contributed by atoms with Crippen LogP contribution in [0.1, 0.15) is 12.1 Å². The monoisotopic (exact) mass is 135 g/mol. The van der Waals surface area contributed by atoms with Gasteiger partial charge in [0.1, 0.15) is 0 Å². The van der Waals surface area contributed by atoms with Crippen molar-refractivity contribution in [1.29, 1.82) is 0 Å². The van der Waals surface area contributed by atoms with Gasteiger partial charge in [0.05, 0.1) is 5.69 Å². The molecular formula is C7H9N3. The van der Waals surface area contributed by atoms with Gasteiger partial charge in [-0.15, -0.1) is 17.4 Å². The highest BCUT2D eigenvalue weighted by Crippen LogP contribution is 1.94. The van der Waals surface area contributed by atoms with Crippen LogP contribution in [0.25, 0.3) is 0 Å². The van der Waals surface area contributed by atoms with E-state index in [4.69, 9.17) is 6.42 Å². The Morgan fingerprint density at radius 1 is 1.80 bits per heavy atom. The van der Waals surface area contributed by atoms with E-state index in [1.165, 1.54) is 0 Å². The van der Waals surface area contributed by atoms with Crippen molar-refractivity contribution in [3.05, 3.63) is 11.9 Å². The molecule has 10 heavy (non-hydrogen) atoms. The number of aromatic nitrogens is 3. The summed E-state index contributed by atoms with van der Waals surface area (Å²) in [7, 11) is 1.84. The molecule has 1 rings (SSSR count). The molecule has 0 aromatic carbocycles. The fourth-order valence-electron chi connectivity index (χ4n) is 0.710. The summed E-state index contributed by atoms with van der Waals surface area (Å²) in [4.78, 5) is 0. The third-order valence-electron chi connectivity index (χ3n) is 1.18. The lowest BCUT2D eigenvalue weighted by Gasteiger charge is -1.84. The highest BCUT2D eigenvalue weighted by molar-refractivity contribution is 4.96. The van der Waals surface area contributed by atoms with Crippen LogP contribution in [0.5, 0.6) is 0 Å². The van der Waals surface area contributed by atoms with Gasteiger partial charge in [0.2, 0.25) is 0 Å². The largest absolute Gasteiger partial charge is 0.255 e. The van der Waals surface area contributed by atoms with Gasteiger partial charge in [0.25, 0.3) is 0 Å². The molecule has 0 saturated heterocycles. The lowest BCUT2D eigenvalue weighted by Crippen LogP contribution is -1.85. The van der Waals surface area contributed by atoms with E-state index < -0.39 is 0 Å². The van der Waals surface area contributed by atoms with Crippen LogP contribution in [0.4, 0.5) is 0 Å². The fourth-order valence-corrected chi connectivity index (χ4v) is 0.710. The maximum Gasteiger partial charge on any atom is 0.0836 e. The van der Waals surface area contributed by atoms with Gasteiger partial charge in [0, 0.05) is 26.1 Å². The smallest absolute Gasteiger partial charge is 0.0836 e. The fraction of sp³-hybridized carbons (Fsp3) is 0.429. The van der Waals surface area contributed by atoms with Crippen molar-refractivity contribution in [3.8, 4) is 12.3 Å². The van der Waals surface area contributed by atoms with Gasteiger partial charge < -0.3 is 0 Å². The van der Waals surface area contributed by atoms with E-state index in [0.29, 0.717) is 0 Å². The highest BCUT2D eigenvalue weighted by atomic mass is 15.4. The number of hydrogen-bond acceptors (Lipinski definition) is 2. The molecule has 3 heteroatoms. The topological polar surface area (TPSA) is 30.7 Å². The highest BCUT2D eigenvalue weighted by Gasteiger charge is 1.94. The van der Waals surface area contributed by atoms with Crippen LogP contribution in [0.2, 0.25) is 0 Å². The first-order chi connectivity index (χ1) is 4.83. The Balaban J connectivity index is 2.52. The molecule has 3 nitrogen and oxygen atoms in total. The first kappa shape index (κ1) is 6.81. The molecule has 52 valence electrons. The van der Waals surface area contributed by atoms with Gasteiger partial charge in [-0.2, -0.15) is 0 Å². The third kappa shape index (κ3) is 1.59. The zero-order valence-corrected chi connectivity index (χ0v) is 5.91. The summed E-state index contributed by atoms with van der Waals surface area (Å²) in [6.45, 7) is 0. The molecule has 1 heterocycles. The van der Waals surface area contributed by atoms with Crippen LogP contribution in [0.15, 0.2) is 6.20 Å². The zero-order valence-electron chi connectivity index (χ0n) is 5.91. The summed E-state index contributed by atoms with van der Waals surface area (Å²) in [6, 6.07) is 0. The van der Waals surface area contributed by atoms with E-state index in [2.05, 4.69) is 16.2 Å². The van der Waals surface area contributed by atoms with Crippen molar-refractivity contribution >= 4 is 0 Å². The predicted molar refractivity (Wildman–Crippen MR) is 38.2 cm³/mol. The van der Waals surface area contributed by atoms with E-state index in [1.807, 2.05) is 13.2 Å². The minimum Gasteiger partial charge on any atom is -0.255 e. The van der Waals surface area contributed by atoms with Crippen molar-refractivity contribution < 1.29 is 0 Å². The minimum atomic E-state index is 0.735. The normalized spacial score (nSPS) is 9.20. The molecule has 0 amide bonds. The summed E-state index contributed by atoms with van der Waals surface area (Å²) >= 11 is 0. The molecular weight excluding hydrogens is 126 g/mol. The number of aryl methyl sites for hydroxylation is 2. The molecule has 1 aromatic heterocycles. The predicted octanol–water partition coefficient (Wildman–Crippen LogP) is 0.381. The molecule has 0 N–H and O–H groups in total. The molecule has 0 atom stereocenters. The Kier molecular flexibility index (Phi) is 2.06. The maximum atomic E-state index is 5.08. The molecule has 1 aromatic rings. The Bertz CT molecular complexity index is 244. The molecule has 0 bridgehead atoms. The summed E-state index contributed by atoms with van der Waals surface area (Å²) in [5, 5.41) is 7.64. The van der Waals surface area contributed by atoms with Crippen LogP contribution in [-0.2, 0) is 13.5 Å². The van der Waals surface area contributed by atoms with Crippen LogP contribution in [0.3, 0.4) is 0 Å². The number of hydrogen-bond donors (Lipinski definition) is 0. The van der Waals surface area contributed by atoms with Crippen molar-refractivity contribution in [1.82, 2.24) is 15.0 Å². The van der Waals surface area contributed by atoms with Gasteiger partial charge in [-0.05, 0) is 0 Å². The molecule has 0 aliphatic heterocycles. The first-order valence-corrected chi connectivity index (χ1v) is 3.11. The molecule has 0 fully saturated rings. The number of terminal acetylenes is 1. The zero-order chi connectivity index (χ0) is 7.40. The van der Waals surface area contributed by atoms with Gasteiger partial charge in [-0.3, -0.25) is 4.68 Å². The first-order valence-electron chi connectivity index (χ1n) is 3.11. The van der Waals surface area contributed by atoms with E-state index in [-0.39, 0.29) is 0 Å². The molecule has 0 spiro atoms. The molecule has 0 radical (unpaired) electrons.